The molecule has 132 valence electrons. The number of phenolic OH excluding ortho intramolecular Hbond substituents is 1. The standard InChI is InChI=1S/C17H19BrN4O3/c1-21-17(25)15(18)13(10-19-21)22-8-6-11(7-9-22)16(24)20-12-4-2-3-5-14(12)23/h2-5,10-11,23H,6-9H2,1H3,(H,20,24). The molecule has 1 saturated heterocycles. The Morgan fingerprint density at radius 3 is 2.68 bits per heavy atom. The third-order valence-corrected chi connectivity index (χ3v) is 5.17. The molecule has 0 saturated carbocycles. The molecule has 2 heterocycles. The van der Waals surface area contributed by atoms with Crippen LogP contribution in [0.5, 0.6) is 5.75 Å². The van der Waals surface area contributed by atoms with Crippen LogP contribution in [0.3, 0.4) is 0 Å². The van der Waals surface area contributed by atoms with Gasteiger partial charge in [-0.25, -0.2) is 4.68 Å². The lowest BCUT2D eigenvalue weighted by molar-refractivity contribution is -0.120. The highest BCUT2D eigenvalue weighted by atomic mass is 79.9. The second kappa shape index (κ2) is 7.26. The maximum Gasteiger partial charge on any atom is 0.282 e. The number of hydrogen-bond acceptors (Lipinski definition) is 5. The number of hydrogen-bond donors (Lipinski definition) is 2. The van der Waals surface area contributed by atoms with Crippen LogP contribution in [0, 0.1) is 5.92 Å². The fourth-order valence-electron chi connectivity index (χ4n) is 2.92. The van der Waals surface area contributed by atoms with Crippen molar-refractivity contribution in [1.82, 2.24) is 9.78 Å². The summed E-state index contributed by atoms with van der Waals surface area (Å²) in [6.45, 7) is 1.32. The highest BCUT2D eigenvalue weighted by Crippen LogP contribution is 2.28. The van der Waals surface area contributed by atoms with Crippen LogP contribution < -0.4 is 15.8 Å². The first-order valence-electron chi connectivity index (χ1n) is 8.03. The maximum atomic E-state index is 12.4. The van der Waals surface area contributed by atoms with Gasteiger partial charge >= 0.3 is 0 Å². The molecule has 1 fully saturated rings. The summed E-state index contributed by atoms with van der Waals surface area (Å²) < 4.78 is 1.77. The molecule has 1 aromatic heterocycles. The third kappa shape index (κ3) is 3.68. The van der Waals surface area contributed by atoms with Crippen molar-refractivity contribution in [2.45, 2.75) is 12.8 Å². The number of benzene rings is 1. The number of phenols is 1. The van der Waals surface area contributed by atoms with Crippen LogP contribution in [-0.4, -0.2) is 33.9 Å². The smallest absolute Gasteiger partial charge is 0.282 e. The summed E-state index contributed by atoms with van der Waals surface area (Å²) in [5.41, 5.74) is 0.994. The van der Waals surface area contributed by atoms with Gasteiger partial charge in [-0.05, 0) is 40.9 Å². The number of amides is 1. The van der Waals surface area contributed by atoms with Crippen molar-refractivity contribution in [3.63, 3.8) is 0 Å². The zero-order valence-corrected chi connectivity index (χ0v) is 15.4. The molecule has 0 spiro atoms. The quantitative estimate of drug-likeness (QED) is 0.762. The number of carbonyl (C=O) groups excluding carboxylic acids is 1. The Bertz CT molecular complexity index is 844. The molecule has 3 rings (SSSR count). The molecule has 0 atom stereocenters. The minimum atomic E-state index is -0.183. The SMILES string of the molecule is Cn1ncc(N2CCC(C(=O)Nc3ccccc3O)CC2)c(Br)c1=O. The van der Waals surface area contributed by atoms with Gasteiger partial charge in [0.2, 0.25) is 5.91 Å². The fraction of sp³-hybridized carbons (Fsp3) is 0.353. The zero-order valence-electron chi connectivity index (χ0n) is 13.8. The number of rotatable bonds is 3. The largest absolute Gasteiger partial charge is 0.506 e. The first kappa shape index (κ1) is 17.5. The van der Waals surface area contributed by atoms with E-state index >= 15 is 0 Å². The Kier molecular flexibility index (Phi) is 5.08. The minimum absolute atomic E-state index is 0.0587. The predicted octanol–water partition coefficient (Wildman–Crippen LogP) is 2.10. The van der Waals surface area contributed by atoms with E-state index in [9.17, 15) is 14.7 Å². The van der Waals surface area contributed by atoms with Gasteiger partial charge in [0.25, 0.3) is 5.56 Å². The van der Waals surface area contributed by atoms with Gasteiger partial charge in [-0.15, -0.1) is 0 Å². The highest BCUT2D eigenvalue weighted by molar-refractivity contribution is 9.10. The minimum Gasteiger partial charge on any atom is -0.506 e. The number of carbonyl (C=O) groups is 1. The molecule has 2 aromatic rings. The van der Waals surface area contributed by atoms with Crippen LogP contribution in [0.1, 0.15) is 12.8 Å². The van der Waals surface area contributed by atoms with Crippen LogP contribution in [0.25, 0.3) is 0 Å². The molecule has 0 radical (unpaired) electrons. The highest BCUT2D eigenvalue weighted by Gasteiger charge is 2.27. The molecule has 0 aliphatic carbocycles. The van der Waals surface area contributed by atoms with E-state index in [0.717, 1.165) is 5.69 Å². The number of para-hydroxylation sites is 2. The number of aromatic nitrogens is 2. The topological polar surface area (TPSA) is 87.5 Å². The van der Waals surface area contributed by atoms with Gasteiger partial charge in [-0.1, -0.05) is 12.1 Å². The van der Waals surface area contributed by atoms with Crippen LogP contribution >= 0.6 is 15.9 Å². The Balaban J connectivity index is 1.64. The van der Waals surface area contributed by atoms with Crippen molar-refractivity contribution in [2.24, 2.45) is 13.0 Å². The number of piperidine rings is 1. The van der Waals surface area contributed by atoms with Crippen molar-refractivity contribution in [3.05, 3.63) is 45.3 Å². The maximum absolute atomic E-state index is 12.4. The van der Waals surface area contributed by atoms with E-state index in [1.165, 1.54) is 4.68 Å². The lowest BCUT2D eigenvalue weighted by Gasteiger charge is -2.33. The summed E-state index contributed by atoms with van der Waals surface area (Å²) in [6.07, 6.45) is 3.00. The molecular formula is C17H19BrN4O3. The van der Waals surface area contributed by atoms with E-state index in [4.69, 9.17) is 0 Å². The molecule has 2 N–H and O–H groups in total. The Hall–Kier alpha value is -2.35. The average molecular weight is 407 g/mol. The van der Waals surface area contributed by atoms with Crippen LogP contribution in [0.2, 0.25) is 0 Å². The first-order chi connectivity index (χ1) is 12.0. The Labute approximate surface area is 153 Å². The van der Waals surface area contributed by atoms with E-state index < -0.39 is 0 Å². The Morgan fingerprint density at radius 1 is 1.32 bits per heavy atom. The van der Waals surface area contributed by atoms with Crippen molar-refractivity contribution in [2.75, 3.05) is 23.3 Å². The van der Waals surface area contributed by atoms with Gasteiger partial charge < -0.3 is 15.3 Å². The second-order valence-electron chi connectivity index (χ2n) is 6.04. The van der Waals surface area contributed by atoms with Crippen molar-refractivity contribution < 1.29 is 9.90 Å². The summed E-state index contributed by atoms with van der Waals surface area (Å²) in [5, 5.41) is 16.6. The van der Waals surface area contributed by atoms with Crippen molar-refractivity contribution in [3.8, 4) is 5.75 Å². The lowest BCUT2D eigenvalue weighted by Crippen LogP contribution is -2.39. The van der Waals surface area contributed by atoms with Crippen molar-refractivity contribution >= 4 is 33.2 Å². The van der Waals surface area contributed by atoms with E-state index in [-0.39, 0.29) is 23.1 Å². The summed E-state index contributed by atoms with van der Waals surface area (Å²) in [6, 6.07) is 6.68. The molecule has 0 unspecified atom stereocenters. The van der Waals surface area contributed by atoms with Crippen LogP contribution in [0.15, 0.2) is 39.7 Å². The predicted molar refractivity (Wildman–Crippen MR) is 98.9 cm³/mol. The van der Waals surface area contributed by atoms with Crippen LogP contribution in [-0.2, 0) is 11.8 Å². The molecular weight excluding hydrogens is 388 g/mol. The van der Waals surface area contributed by atoms with Gasteiger partial charge in [-0.2, -0.15) is 5.10 Å². The summed E-state index contributed by atoms with van der Waals surface area (Å²) >= 11 is 3.34. The number of nitrogens with zero attached hydrogens (tertiary/aromatic N) is 3. The number of halogens is 1. The number of anilines is 2. The monoisotopic (exact) mass is 406 g/mol. The molecule has 25 heavy (non-hydrogen) atoms. The lowest BCUT2D eigenvalue weighted by atomic mass is 9.95. The molecule has 1 aliphatic rings. The number of aromatic hydroxyl groups is 1. The molecule has 7 nitrogen and oxygen atoms in total. The van der Waals surface area contributed by atoms with Crippen LogP contribution in [0.4, 0.5) is 11.4 Å². The van der Waals surface area contributed by atoms with E-state index in [2.05, 4.69) is 31.2 Å². The van der Waals surface area contributed by atoms with Crippen molar-refractivity contribution in [1.29, 1.82) is 0 Å². The molecule has 8 heteroatoms. The molecule has 1 amide bonds. The normalized spacial score (nSPS) is 15.2. The number of aryl methyl sites for hydroxylation is 1. The van der Waals surface area contributed by atoms with Gasteiger partial charge in [-0.3, -0.25) is 9.59 Å². The summed E-state index contributed by atoms with van der Waals surface area (Å²) in [5.74, 6) is -0.167. The van der Waals surface area contributed by atoms with Gasteiger partial charge in [0.1, 0.15) is 10.2 Å². The molecule has 1 aliphatic heterocycles. The third-order valence-electron chi connectivity index (χ3n) is 4.43. The van der Waals surface area contributed by atoms with Gasteiger partial charge in [0, 0.05) is 26.1 Å². The fourth-order valence-corrected chi connectivity index (χ4v) is 3.53. The van der Waals surface area contributed by atoms with Gasteiger partial charge in [0.05, 0.1) is 17.6 Å². The van der Waals surface area contributed by atoms with Gasteiger partial charge in [0.15, 0.2) is 0 Å². The average Bonchev–Trinajstić information content (AvgIpc) is 2.62. The summed E-state index contributed by atoms with van der Waals surface area (Å²) in [7, 11) is 1.60. The summed E-state index contributed by atoms with van der Waals surface area (Å²) in [4.78, 5) is 26.4. The van der Waals surface area contributed by atoms with E-state index in [1.807, 2.05) is 0 Å². The van der Waals surface area contributed by atoms with E-state index in [0.29, 0.717) is 36.1 Å². The number of nitrogens with one attached hydrogen (secondary N) is 1. The molecule has 1 aromatic carbocycles. The van der Waals surface area contributed by atoms with E-state index in [1.54, 1.807) is 37.5 Å². The second-order valence-corrected chi connectivity index (χ2v) is 6.83. The first-order valence-corrected chi connectivity index (χ1v) is 8.82. The molecule has 0 bridgehead atoms. The Morgan fingerprint density at radius 2 is 2.00 bits per heavy atom. The zero-order chi connectivity index (χ0) is 18.0.